The van der Waals surface area contributed by atoms with Gasteiger partial charge in [0.1, 0.15) is 0 Å². The van der Waals surface area contributed by atoms with E-state index in [0.29, 0.717) is 12.1 Å². The average Bonchev–Trinajstić information content (AvgIpc) is 3.03. The van der Waals surface area contributed by atoms with Gasteiger partial charge in [-0.05, 0) is 43.6 Å². The Kier molecular flexibility index (Phi) is 3.20. The Morgan fingerprint density at radius 2 is 1.94 bits per heavy atom. The lowest BCUT2D eigenvalue weighted by atomic mass is 9.90. The van der Waals surface area contributed by atoms with Crippen LogP contribution in [-0.2, 0) is 0 Å². The van der Waals surface area contributed by atoms with Crippen LogP contribution in [0.3, 0.4) is 0 Å². The smallest absolute Gasteiger partial charge is 0.316 e. The van der Waals surface area contributed by atoms with Crippen LogP contribution in [0.1, 0.15) is 37.8 Å². The normalized spacial score (nSPS) is 30.9. The summed E-state index contributed by atoms with van der Waals surface area (Å²) < 4.78 is 5.02. The Balaban J connectivity index is 1.74. The Bertz CT molecular complexity index is 396. The predicted octanol–water partition coefficient (Wildman–Crippen LogP) is 2.18. The van der Waals surface area contributed by atoms with Gasteiger partial charge in [-0.1, -0.05) is 6.92 Å². The van der Waals surface area contributed by atoms with Crippen molar-refractivity contribution in [1.82, 2.24) is 15.3 Å². The number of fused-ring (bicyclic) bond motifs is 1. The number of hydrogen-bond donors (Lipinski definition) is 1. The minimum atomic E-state index is 0.411. The van der Waals surface area contributed by atoms with E-state index in [1.807, 2.05) is 12.4 Å². The monoisotopic (exact) mass is 247 g/mol. The highest BCUT2D eigenvalue weighted by atomic mass is 16.5. The fraction of sp³-hybridized carbons (Fsp3) is 0.714. The summed E-state index contributed by atoms with van der Waals surface area (Å²) in [5.41, 5.74) is 1.20. The maximum Gasteiger partial charge on any atom is 0.316 e. The molecule has 3 unspecified atom stereocenters. The number of methoxy groups -OCH3 is 1. The van der Waals surface area contributed by atoms with Crippen LogP contribution < -0.4 is 10.1 Å². The molecule has 1 heterocycles. The van der Waals surface area contributed by atoms with E-state index < -0.39 is 0 Å². The van der Waals surface area contributed by atoms with Gasteiger partial charge in [-0.15, -0.1) is 0 Å². The van der Waals surface area contributed by atoms with E-state index in [0.717, 1.165) is 24.3 Å². The summed E-state index contributed by atoms with van der Waals surface area (Å²) in [6, 6.07) is 0.858. The molecule has 3 atom stereocenters. The molecule has 2 saturated carbocycles. The van der Waals surface area contributed by atoms with Crippen LogP contribution in [0.4, 0.5) is 0 Å². The molecule has 2 fully saturated rings. The van der Waals surface area contributed by atoms with Crippen molar-refractivity contribution in [2.24, 2.45) is 17.8 Å². The van der Waals surface area contributed by atoms with Gasteiger partial charge in [-0.2, -0.15) is 0 Å². The molecule has 1 aromatic rings. The zero-order valence-electron chi connectivity index (χ0n) is 11.1. The summed E-state index contributed by atoms with van der Waals surface area (Å²) in [6.45, 7) is 3.15. The SMILES string of the molecule is CCNC(c1cnc(OC)nc1)C1CC2CC2C1. The lowest BCUT2D eigenvalue weighted by Gasteiger charge is -2.25. The highest BCUT2D eigenvalue weighted by Crippen LogP contribution is 2.57. The van der Waals surface area contributed by atoms with Crippen molar-refractivity contribution in [3.8, 4) is 6.01 Å². The van der Waals surface area contributed by atoms with E-state index in [2.05, 4.69) is 22.2 Å². The molecule has 2 aliphatic carbocycles. The third-order valence-electron chi connectivity index (χ3n) is 4.37. The third kappa shape index (κ3) is 2.21. The minimum absolute atomic E-state index is 0.411. The van der Waals surface area contributed by atoms with Gasteiger partial charge in [-0.25, -0.2) is 9.97 Å². The Hall–Kier alpha value is -1.16. The van der Waals surface area contributed by atoms with Crippen LogP contribution in [0, 0.1) is 17.8 Å². The summed E-state index contributed by atoms with van der Waals surface area (Å²) >= 11 is 0. The van der Waals surface area contributed by atoms with Gasteiger partial charge in [0.2, 0.25) is 0 Å². The predicted molar refractivity (Wildman–Crippen MR) is 69.3 cm³/mol. The van der Waals surface area contributed by atoms with Crippen LogP contribution in [0.2, 0.25) is 0 Å². The molecule has 1 N–H and O–H groups in total. The second-order valence-electron chi connectivity index (χ2n) is 5.53. The molecular weight excluding hydrogens is 226 g/mol. The molecule has 2 aliphatic rings. The second-order valence-corrected chi connectivity index (χ2v) is 5.53. The first-order chi connectivity index (χ1) is 8.81. The number of rotatable bonds is 5. The molecule has 4 nitrogen and oxygen atoms in total. The van der Waals surface area contributed by atoms with E-state index in [1.54, 1.807) is 7.11 Å². The number of hydrogen-bond acceptors (Lipinski definition) is 4. The third-order valence-corrected chi connectivity index (χ3v) is 4.37. The molecule has 0 saturated heterocycles. The van der Waals surface area contributed by atoms with Crippen LogP contribution in [0.5, 0.6) is 6.01 Å². The Labute approximate surface area is 108 Å². The van der Waals surface area contributed by atoms with Crippen LogP contribution in [0.15, 0.2) is 12.4 Å². The molecule has 1 aromatic heterocycles. The van der Waals surface area contributed by atoms with E-state index in [9.17, 15) is 0 Å². The summed E-state index contributed by atoms with van der Waals surface area (Å²) in [5, 5.41) is 3.60. The van der Waals surface area contributed by atoms with Crippen molar-refractivity contribution in [3.05, 3.63) is 18.0 Å². The first-order valence-corrected chi connectivity index (χ1v) is 6.91. The molecule has 0 spiro atoms. The van der Waals surface area contributed by atoms with Gasteiger partial charge < -0.3 is 10.1 Å². The van der Waals surface area contributed by atoms with Crippen LogP contribution in [0.25, 0.3) is 0 Å². The largest absolute Gasteiger partial charge is 0.467 e. The maximum atomic E-state index is 5.02. The lowest BCUT2D eigenvalue weighted by Crippen LogP contribution is -2.28. The first-order valence-electron chi connectivity index (χ1n) is 6.91. The molecule has 0 aliphatic heterocycles. The summed E-state index contributed by atoms with van der Waals surface area (Å²) in [4.78, 5) is 8.46. The standard InChI is InChI=1S/C14H21N3O/c1-3-15-13(11-5-9-4-10(9)6-11)12-7-16-14(18-2)17-8-12/h7-11,13,15H,3-6H2,1-2H3. The van der Waals surface area contributed by atoms with Gasteiger partial charge in [0.15, 0.2) is 0 Å². The minimum Gasteiger partial charge on any atom is -0.467 e. The Morgan fingerprint density at radius 1 is 1.28 bits per heavy atom. The molecule has 0 radical (unpaired) electrons. The molecular formula is C14H21N3O. The highest BCUT2D eigenvalue weighted by molar-refractivity contribution is 5.16. The van der Waals surface area contributed by atoms with Crippen LogP contribution in [-0.4, -0.2) is 23.6 Å². The van der Waals surface area contributed by atoms with Gasteiger partial charge in [-0.3, -0.25) is 0 Å². The van der Waals surface area contributed by atoms with Gasteiger partial charge in [0, 0.05) is 24.0 Å². The molecule has 4 heteroatoms. The molecule has 0 amide bonds. The summed E-state index contributed by atoms with van der Waals surface area (Å²) in [7, 11) is 1.60. The van der Waals surface area contributed by atoms with E-state index in [-0.39, 0.29) is 0 Å². The Morgan fingerprint density at radius 3 is 2.50 bits per heavy atom. The average molecular weight is 247 g/mol. The molecule has 3 rings (SSSR count). The maximum absolute atomic E-state index is 5.02. The zero-order valence-corrected chi connectivity index (χ0v) is 11.1. The lowest BCUT2D eigenvalue weighted by molar-refractivity contribution is 0.341. The van der Waals surface area contributed by atoms with Gasteiger partial charge >= 0.3 is 6.01 Å². The van der Waals surface area contributed by atoms with Crippen molar-refractivity contribution >= 4 is 0 Å². The fourth-order valence-corrected chi connectivity index (χ4v) is 3.40. The molecule has 18 heavy (non-hydrogen) atoms. The van der Waals surface area contributed by atoms with E-state index >= 15 is 0 Å². The van der Waals surface area contributed by atoms with Crippen molar-refractivity contribution in [2.75, 3.05) is 13.7 Å². The molecule has 0 aromatic carbocycles. The molecule has 0 bridgehead atoms. The summed E-state index contributed by atoms with van der Waals surface area (Å²) in [6.07, 6.45) is 8.02. The van der Waals surface area contributed by atoms with Crippen LogP contribution >= 0.6 is 0 Å². The number of nitrogens with one attached hydrogen (secondary N) is 1. The van der Waals surface area contributed by atoms with Gasteiger partial charge in [0.25, 0.3) is 0 Å². The topological polar surface area (TPSA) is 47.0 Å². The highest BCUT2D eigenvalue weighted by Gasteiger charge is 2.48. The van der Waals surface area contributed by atoms with E-state index in [4.69, 9.17) is 4.74 Å². The van der Waals surface area contributed by atoms with Crippen molar-refractivity contribution in [3.63, 3.8) is 0 Å². The number of aromatic nitrogens is 2. The van der Waals surface area contributed by atoms with Crippen molar-refractivity contribution < 1.29 is 4.74 Å². The summed E-state index contributed by atoms with van der Waals surface area (Å²) in [5.74, 6) is 2.77. The second kappa shape index (κ2) is 4.84. The fourth-order valence-electron chi connectivity index (χ4n) is 3.40. The quantitative estimate of drug-likeness (QED) is 0.866. The number of nitrogens with zero attached hydrogens (tertiary/aromatic N) is 2. The zero-order chi connectivity index (χ0) is 12.5. The van der Waals surface area contributed by atoms with Crippen molar-refractivity contribution in [2.45, 2.75) is 32.2 Å². The van der Waals surface area contributed by atoms with Crippen molar-refractivity contribution in [1.29, 1.82) is 0 Å². The van der Waals surface area contributed by atoms with E-state index in [1.165, 1.54) is 24.8 Å². The number of ether oxygens (including phenoxy) is 1. The molecule has 98 valence electrons. The first kappa shape index (κ1) is 11.9. The van der Waals surface area contributed by atoms with Gasteiger partial charge in [0.05, 0.1) is 7.11 Å².